The van der Waals surface area contributed by atoms with E-state index in [2.05, 4.69) is 10.3 Å². The summed E-state index contributed by atoms with van der Waals surface area (Å²) in [4.78, 5) is 17.0. The van der Waals surface area contributed by atoms with Gasteiger partial charge >= 0.3 is 6.18 Å². The number of imidazole rings is 1. The molecular formula is C19H13F4N3O3S. The maximum Gasteiger partial charge on any atom is 0.416 e. The smallest absolute Gasteiger partial charge is 0.321 e. The molecule has 0 unspecified atom stereocenters. The van der Waals surface area contributed by atoms with Crippen LogP contribution in [-0.2, 0) is 22.6 Å². The summed E-state index contributed by atoms with van der Waals surface area (Å²) in [6.45, 7) is -0.0306. The average Bonchev–Trinajstić information content (AvgIpc) is 3.19. The van der Waals surface area contributed by atoms with Gasteiger partial charge in [0.1, 0.15) is 17.2 Å². The Balaban J connectivity index is 1.78. The number of hydrogen-bond donors (Lipinski definition) is 1. The number of benzene rings is 2. The third-order valence-electron chi connectivity index (χ3n) is 4.57. The summed E-state index contributed by atoms with van der Waals surface area (Å²) in [5, 5.41) is 2.06. The topological polar surface area (TPSA) is 81.1 Å². The van der Waals surface area contributed by atoms with E-state index < -0.39 is 33.3 Å². The summed E-state index contributed by atoms with van der Waals surface area (Å²) < 4.78 is 77.8. The molecule has 1 aromatic heterocycles. The lowest BCUT2D eigenvalue weighted by Crippen LogP contribution is -2.18. The number of amides is 1. The Morgan fingerprint density at radius 3 is 2.47 bits per heavy atom. The van der Waals surface area contributed by atoms with Crippen LogP contribution in [0.25, 0.3) is 11.3 Å². The number of hydrogen-bond acceptors (Lipinski definition) is 4. The summed E-state index contributed by atoms with van der Waals surface area (Å²) in [6.07, 6.45) is -4.59. The van der Waals surface area contributed by atoms with Crippen molar-refractivity contribution in [2.75, 3.05) is 11.1 Å². The molecule has 0 bridgehead atoms. The molecule has 0 saturated carbocycles. The van der Waals surface area contributed by atoms with E-state index in [0.717, 1.165) is 30.3 Å². The van der Waals surface area contributed by atoms with Crippen molar-refractivity contribution >= 4 is 21.4 Å². The van der Waals surface area contributed by atoms with E-state index in [1.54, 1.807) is 0 Å². The van der Waals surface area contributed by atoms with Gasteiger partial charge in [0.25, 0.3) is 5.91 Å². The third-order valence-corrected chi connectivity index (χ3v) is 6.16. The Labute approximate surface area is 168 Å². The van der Waals surface area contributed by atoms with Crippen LogP contribution in [0.1, 0.15) is 16.1 Å². The molecule has 0 saturated heterocycles. The number of nitrogens with one attached hydrogen (secondary N) is 1. The molecule has 1 aliphatic heterocycles. The lowest BCUT2D eigenvalue weighted by atomic mass is 10.1. The van der Waals surface area contributed by atoms with Crippen LogP contribution in [0.15, 0.2) is 53.7 Å². The highest BCUT2D eigenvalue weighted by molar-refractivity contribution is 7.91. The summed E-state index contributed by atoms with van der Waals surface area (Å²) in [7, 11) is -3.71. The number of anilines is 1. The van der Waals surface area contributed by atoms with E-state index in [1.165, 1.54) is 22.8 Å². The molecule has 6 nitrogen and oxygen atoms in total. The van der Waals surface area contributed by atoms with Gasteiger partial charge in [-0.1, -0.05) is 6.07 Å². The molecule has 4 rings (SSSR count). The lowest BCUT2D eigenvalue weighted by Gasteiger charge is -2.11. The largest absolute Gasteiger partial charge is 0.416 e. The molecule has 1 aliphatic rings. The fourth-order valence-corrected chi connectivity index (χ4v) is 4.54. The number of fused-ring (bicyclic) bond motifs is 1. The van der Waals surface area contributed by atoms with Gasteiger partial charge in [-0.15, -0.1) is 0 Å². The summed E-state index contributed by atoms with van der Waals surface area (Å²) in [5.74, 6) is -1.61. The van der Waals surface area contributed by atoms with Crippen molar-refractivity contribution in [3.8, 4) is 11.3 Å². The van der Waals surface area contributed by atoms with Gasteiger partial charge in [0.05, 0.1) is 11.3 Å². The van der Waals surface area contributed by atoms with E-state index >= 15 is 0 Å². The molecule has 11 heteroatoms. The van der Waals surface area contributed by atoms with Crippen molar-refractivity contribution < 1.29 is 30.8 Å². The Hall–Kier alpha value is -3.21. The standard InChI is InChI=1S/C19H13F4N3O3S/c20-13-6-4-11(5-7-13)15-16(26-8-9-30(28,29)18(26)25-15)17(27)24-14-3-1-2-12(10-14)19(21,22)23/h1-7,10H,8-9H2,(H,24,27). The normalized spacial score (nSPS) is 15.1. The van der Waals surface area contributed by atoms with Gasteiger partial charge in [0, 0.05) is 17.8 Å². The monoisotopic (exact) mass is 439 g/mol. The van der Waals surface area contributed by atoms with E-state index in [1.807, 2.05) is 0 Å². The first-order valence-corrected chi connectivity index (χ1v) is 10.3. The van der Waals surface area contributed by atoms with Gasteiger partial charge in [0.2, 0.25) is 15.0 Å². The Bertz CT molecular complexity index is 1250. The summed E-state index contributed by atoms with van der Waals surface area (Å²) in [6, 6.07) is 8.98. The minimum atomic E-state index is -4.59. The molecular weight excluding hydrogens is 426 g/mol. The van der Waals surface area contributed by atoms with E-state index in [9.17, 15) is 30.8 Å². The maximum absolute atomic E-state index is 13.3. The number of halogens is 4. The molecule has 156 valence electrons. The van der Waals surface area contributed by atoms with E-state index in [0.29, 0.717) is 5.56 Å². The van der Waals surface area contributed by atoms with Crippen molar-refractivity contribution in [3.05, 3.63) is 65.6 Å². The number of nitrogens with zero attached hydrogens (tertiary/aromatic N) is 2. The SMILES string of the molecule is O=C(Nc1cccc(C(F)(F)F)c1)c1c(-c2ccc(F)cc2)nc2n1CCS2(=O)=O. The Morgan fingerprint density at radius 1 is 1.10 bits per heavy atom. The van der Waals surface area contributed by atoms with Gasteiger partial charge in [-0.05, 0) is 42.5 Å². The first kappa shape index (κ1) is 20.1. The van der Waals surface area contributed by atoms with Gasteiger partial charge in [0.15, 0.2) is 0 Å². The highest BCUT2D eigenvalue weighted by Crippen LogP contribution is 2.33. The van der Waals surface area contributed by atoms with Gasteiger partial charge in [-0.3, -0.25) is 4.79 Å². The number of carbonyl (C=O) groups is 1. The predicted octanol–water partition coefficient (Wildman–Crippen LogP) is 3.75. The molecule has 0 atom stereocenters. The predicted molar refractivity (Wildman–Crippen MR) is 99.1 cm³/mol. The molecule has 0 radical (unpaired) electrons. The molecule has 2 heterocycles. The van der Waals surface area contributed by atoms with Crippen LogP contribution in [0.4, 0.5) is 23.2 Å². The van der Waals surface area contributed by atoms with Gasteiger partial charge < -0.3 is 9.88 Å². The highest BCUT2D eigenvalue weighted by atomic mass is 32.2. The molecule has 1 N–H and O–H groups in total. The zero-order valence-electron chi connectivity index (χ0n) is 15.1. The van der Waals surface area contributed by atoms with Crippen molar-refractivity contribution in [1.29, 1.82) is 0 Å². The van der Waals surface area contributed by atoms with E-state index in [4.69, 9.17) is 0 Å². The van der Waals surface area contributed by atoms with Crippen LogP contribution >= 0.6 is 0 Å². The number of carbonyl (C=O) groups excluding carboxylic acids is 1. The summed E-state index contributed by atoms with van der Waals surface area (Å²) >= 11 is 0. The zero-order valence-corrected chi connectivity index (χ0v) is 15.9. The quantitative estimate of drug-likeness (QED) is 0.631. The molecule has 0 aliphatic carbocycles. The Kier molecular flexibility index (Phi) is 4.64. The second kappa shape index (κ2) is 6.94. The molecule has 0 fully saturated rings. The lowest BCUT2D eigenvalue weighted by molar-refractivity contribution is -0.137. The highest BCUT2D eigenvalue weighted by Gasteiger charge is 2.36. The van der Waals surface area contributed by atoms with Crippen LogP contribution in [0.3, 0.4) is 0 Å². The minimum Gasteiger partial charge on any atom is -0.321 e. The first-order valence-electron chi connectivity index (χ1n) is 8.64. The molecule has 30 heavy (non-hydrogen) atoms. The molecule has 2 aromatic carbocycles. The van der Waals surface area contributed by atoms with Crippen LogP contribution in [-0.4, -0.2) is 29.6 Å². The van der Waals surface area contributed by atoms with Crippen LogP contribution in [0, 0.1) is 5.82 Å². The second-order valence-corrected chi connectivity index (χ2v) is 8.60. The number of alkyl halides is 3. The number of aromatic nitrogens is 2. The number of rotatable bonds is 3. The fraction of sp³-hybridized carbons (Fsp3) is 0.158. The van der Waals surface area contributed by atoms with Crippen LogP contribution in [0.2, 0.25) is 0 Å². The second-order valence-electron chi connectivity index (χ2n) is 6.60. The summed E-state index contributed by atoms with van der Waals surface area (Å²) in [5.41, 5.74) is -0.896. The molecule has 1 amide bonds. The maximum atomic E-state index is 13.3. The Morgan fingerprint density at radius 2 is 1.80 bits per heavy atom. The minimum absolute atomic E-state index is 0.00208. The van der Waals surface area contributed by atoms with Gasteiger partial charge in [-0.2, -0.15) is 13.2 Å². The zero-order chi connectivity index (χ0) is 21.7. The third kappa shape index (κ3) is 3.56. The van der Waals surface area contributed by atoms with Crippen molar-refractivity contribution in [2.45, 2.75) is 17.9 Å². The molecule has 0 spiro atoms. The van der Waals surface area contributed by atoms with Crippen LogP contribution < -0.4 is 5.32 Å². The number of sulfone groups is 1. The van der Waals surface area contributed by atoms with Crippen molar-refractivity contribution in [2.24, 2.45) is 0 Å². The average molecular weight is 439 g/mol. The van der Waals surface area contributed by atoms with Crippen molar-refractivity contribution in [3.63, 3.8) is 0 Å². The fourth-order valence-electron chi connectivity index (χ4n) is 3.18. The van der Waals surface area contributed by atoms with Crippen molar-refractivity contribution in [1.82, 2.24) is 9.55 Å². The van der Waals surface area contributed by atoms with E-state index in [-0.39, 0.29) is 34.5 Å². The van der Waals surface area contributed by atoms with Crippen LogP contribution in [0.5, 0.6) is 0 Å². The van der Waals surface area contributed by atoms with Gasteiger partial charge in [-0.25, -0.2) is 17.8 Å². The molecule has 3 aromatic rings. The first-order chi connectivity index (χ1) is 14.1.